The summed E-state index contributed by atoms with van der Waals surface area (Å²) in [4.78, 5) is 66.3. The lowest BCUT2D eigenvalue weighted by molar-refractivity contribution is -0.141. The number of carbonyl (C=O) groups is 5. The summed E-state index contributed by atoms with van der Waals surface area (Å²) in [6.45, 7) is 25.7. The number of hydrogen-bond acceptors (Lipinski definition) is 8. The Hall–Kier alpha value is -2.38. The maximum atomic E-state index is 12.1. The van der Waals surface area contributed by atoms with Gasteiger partial charge in [0.2, 0.25) is 29.5 Å². The Labute approximate surface area is 337 Å². The number of nitrogens with zero attached hydrogens (tertiary/aromatic N) is 5. The SMILES string of the molecule is CC(O)C(C(=O)N(C)C)C(C)(C)C.CN(C)C(=O)C(CO)C(C)(C)C.CN(C)C(=O)C(CS)C(C)(C)C.CN(C)C(=O)CCC(C(=O)N(C)C)C(C)(C)C. The Morgan fingerprint density at radius 3 is 0.944 bits per heavy atom. The van der Waals surface area contributed by atoms with Crippen LogP contribution >= 0.6 is 12.6 Å². The van der Waals surface area contributed by atoms with Gasteiger partial charge in [-0.05, 0) is 35.0 Å². The molecule has 5 unspecified atom stereocenters. The summed E-state index contributed by atoms with van der Waals surface area (Å²) < 4.78 is 0. The monoisotopic (exact) mass is 792 g/mol. The highest BCUT2D eigenvalue weighted by molar-refractivity contribution is 7.80. The van der Waals surface area contributed by atoms with Crippen molar-refractivity contribution in [2.75, 3.05) is 82.8 Å². The molecule has 0 radical (unpaired) electrons. The third-order valence-corrected chi connectivity index (χ3v) is 9.35. The van der Waals surface area contributed by atoms with Gasteiger partial charge in [-0.15, -0.1) is 0 Å². The van der Waals surface area contributed by atoms with Crippen molar-refractivity contribution in [1.82, 2.24) is 24.5 Å². The zero-order chi connectivity index (χ0) is 44.5. The number of rotatable bonds is 10. The third-order valence-electron chi connectivity index (χ3n) is 8.99. The van der Waals surface area contributed by atoms with Crippen LogP contribution < -0.4 is 0 Å². The van der Waals surface area contributed by atoms with Crippen molar-refractivity contribution >= 4 is 42.2 Å². The van der Waals surface area contributed by atoms with E-state index in [1.54, 1.807) is 92.1 Å². The standard InChI is InChI=1S/C13H26N2O2.C10H21NO2.C9H19NO2.C9H19NOS/c1-13(2,3)10(12(17)15(6)7)8-9-11(16)14(4)5;1-7(12)8(10(2,3)4)9(13)11(5)6;1-9(2,3)7(6-11)8(12)10(4)5;1-9(2,3)7(6-12)8(11)10(4)5/h10H,8-9H2,1-7H3;7-8,12H,1-6H3;7,11H,6H2,1-5H3;7,12H,6H2,1-5H3. The highest BCUT2D eigenvalue weighted by Gasteiger charge is 2.36. The van der Waals surface area contributed by atoms with Crippen molar-refractivity contribution in [3.05, 3.63) is 0 Å². The van der Waals surface area contributed by atoms with Gasteiger partial charge < -0.3 is 34.7 Å². The Bertz CT molecular complexity index is 1090. The second-order valence-corrected chi connectivity index (χ2v) is 19.8. The normalized spacial score (nSPS) is 14.4. The molecule has 5 amide bonds. The van der Waals surface area contributed by atoms with E-state index in [2.05, 4.69) is 33.4 Å². The molecule has 0 rings (SSSR count). The van der Waals surface area contributed by atoms with Crippen LogP contribution in [-0.4, -0.2) is 153 Å². The first kappa shape index (κ1) is 58.3. The van der Waals surface area contributed by atoms with Crippen LogP contribution in [0.4, 0.5) is 0 Å². The predicted molar refractivity (Wildman–Crippen MR) is 227 cm³/mol. The Morgan fingerprint density at radius 1 is 0.500 bits per heavy atom. The molecule has 54 heavy (non-hydrogen) atoms. The molecule has 0 heterocycles. The molecule has 0 fully saturated rings. The summed E-state index contributed by atoms with van der Waals surface area (Å²) in [6.07, 6.45) is 0.432. The number of thiol groups is 1. The van der Waals surface area contributed by atoms with Crippen molar-refractivity contribution in [2.45, 2.75) is 109 Å². The van der Waals surface area contributed by atoms with Crippen molar-refractivity contribution < 1.29 is 34.2 Å². The van der Waals surface area contributed by atoms with Gasteiger partial charge >= 0.3 is 0 Å². The molecule has 0 aromatic rings. The smallest absolute Gasteiger partial charge is 0.228 e. The molecule has 0 aromatic carbocycles. The van der Waals surface area contributed by atoms with E-state index in [-0.39, 0.29) is 81.5 Å². The molecule has 0 saturated carbocycles. The maximum absolute atomic E-state index is 12.1. The molecule has 0 aliphatic rings. The minimum absolute atomic E-state index is 0.00308. The topological polar surface area (TPSA) is 142 Å². The minimum Gasteiger partial charge on any atom is -0.396 e. The van der Waals surface area contributed by atoms with Gasteiger partial charge in [0.15, 0.2) is 0 Å². The Morgan fingerprint density at radius 2 is 0.796 bits per heavy atom. The molecule has 0 aromatic heterocycles. The first-order valence-electron chi connectivity index (χ1n) is 18.8. The molecule has 0 spiro atoms. The quantitative estimate of drug-likeness (QED) is 0.261. The number of hydrogen-bond donors (Lipinski definition) is 3. The Balaban J connectivity index is -0.000000312. The van der Waals surface area contributed by atoms with E-state index in [1.165, 1.54) is 9.80 Å². The molecule has 2 N–H and O–H groups in total. The molecular weight excluding hydrogens is 707 g/mol. The Kier molecular flexibility index (Phi) is 27.0. The number of aliphatic hydroxyl groups is 2. The van der Waals surface area contributed by atoms with Gasteiger partial charge in [-0.1, -0.05) is 83.1 Å². The predicted octanol–water partition coefficient (Wildman–Crippen LogP) is 5.12. The molecule has 0 bridgehead atoms. The zero-order valence-corrected chi connectivity index (χ0v) is 39.7. The van der Waals surface area contributed by atoms with E-state index in [1.807, 2.05) is 62.3 Å². The molecule has 0 aliphatic carbocycles. The molecule has 13 heteroatoms. The number of carbonyl (C=O) groups excluding carboxylic acids is 5. The average Bonchev–Trinajstić information content (AvgIpc) is 2.95. The summed E-state index contributed by atoms with van der Waals surface area (Å²) in [5.74, 6) is 0.202. The van der Waals surface area contributed by atoms with E-state index in [0.717, 1.165) is 0 Å². The molecular formula is C41H85N5O7S. The van der Waals surface area contributed by atoms with Crippen LogP contribution in [0.1, 0.15) is 103 Å². The van der Waals surface area contributed by atoms with Crippen molar-refractivity contribution in [2.24, 2.45) is 45.3 Å². The van der Waals surface area contributed by atoms with Gasteiger partial charge in [-0.3, -0.25) is 24.0 Å². The average molecular weight is 792 g/mol. The zero-order valence-electron chi connectivity index (χ0n) is 38.8. The largest absolute Gasteiger partial charge is 0.396 e. The molecule has 5 atom stereocenters. The van der Waals surface area contributed by atoms with E-state index in [4.69, 9.17) is 5.11 Å². The van der Waals surface area contributed by atoms with Gasteiger partial charge in [-0.2, -0.15) is 12.6 Å². The van der Waals surface area contributed by atoms with Crippen LogP contribution in [-0.2, 0) is 24.0 Å². The first-order chi connectivity index (χ1) is 23.9. The second kappa shape index (κ2) is 25.0. The number of aliphatic hydroxyl groups excluding tert-OH is 2. The van der Waals surface area contributed by atoms with Crippen molar-refractivity contribution in [3.8, 4) is 0 Å². The highest BCUT2D eigenvalue weighted by atomic mass is 32.1. The lowest BCUT2D eigenvalue weighted by atomic mass is 9.77. The van der Waals surface area contributed by atoms with Crippen LogP contribution in [0.15, 0.2) is 0 Å². The van der Waals surface area contributed by atoms with Gasteiger partial charge in [-0.25, -0.2) is 0 Å². The molecule has 12 nitrogen and oxygen atoms in total. The van der Waals surface area contributed by atoms with E-state index in [9.17, 15) is 29.1 Å². The van der Waals surface area contributed by atoms with E-state index < -0.39 is 6.10 Å². The van der Waals surface area contributed by atoms with Crippen LogP contribution in [0.2, 0.25) is 0 Å². The van der Waals surface area contributed by atoms with Gasteiger partial charge in [0.1, 0.15) is 0 Å². The highest BCUT2D eigenvalue weighted by Crippen LogP contribution is 2.32. The fourth-order valence-electron chi connectivity index (χ4n) is 5.38. The number of amides is 5. The van der Waals surface area contributed by atoms with Crippen LogP contribution in [0.3, 0.4) is 0 Å². The summed E-state index contributed by atoms with van der Waals surface area (Å²) in [7, 11) is 17.4. The summed E-state index contributed by atoms with van der Waals surface area (Å²) in [5.41, 5.74) is -0.483. The van der Waals surface area contributed by atoms with Crippen LogP contribution in [0.5, 0.6) is 0 Å². The second-order valence-electron chi connectivity index (χ2n) is 19.5. The van der Waals surface area contributed by atoms with Gasteiger partial charge in [0, 0.05) is 88.6 Å². The molecule has 322 valence electrons. The third kappa shape index (κ3) is 23.5. The maximum Gasteiger partial charge on any atom is 0.228 e. The fourth-order valence-corrected chi connectivity index (χ4v) is 6.08. The van der Waals surface area contributed by atoms with Crippen LogP contribution in [0.25, 0.3) is 0 Å². The van der Waals surface area contributed by atoms with E-state index >= 15 is 0 Å². The lowest BCUT2D eigenvalue weighted by Gasteiger charge is -2.33. The van der Waals surface area contributed by atoms with E-state index in [0.29, 0.717) is 18.6 Å². The van der Waals surface area contributed by atoms with Gasteiger partial charge in [0.25, 0.3) is 0 Å². The first-order valence-corrected chi connectivity index (χ1v) is 19.4. The van der Waals surface area contributed by atoms with Crippen molar-refractivity contribution in [3.63, 3.8) is 0 Å². The summed E-state index contributed by atoms with van der Waals surface area (Å²) >= 11 is 4.20. The van der Waals surface area contributed by atoms with Crippen LogP contribution in [0, 0.1) is 45.3 Å². The summed E-state index contributed by atoms with van der Waals surface area (Å²) in [6, 6.07) is 0. The van der Waals surface area contributed by atoms with Crippen molar-refractivity contribution in [1.29, 1.82) is 0 Å². The van der Waals surface area contributed by atoms with Gasteiger partial charge in [0.05, 0.1) is 30.5 Å². The minimum atomic E-state index is -0.602. The molecule has 0 saturated heterocycles. The fraction of sp³-hybridized carbons (Fsp3) is 0.878. The molecule has 0 aliphatic heterocycles. The summed E-state index contributed by atoms with van der Waals surface area (Å²) in [5, 5.41) is 18.6. The lowest BCUT2D eigenvalue weighted by Crippen LogP contribution is -2.43.